The first-order chi connectivity index (χ1) is 9.22. The Labute approximate surface area is 119 Å². The molecule has 1 N–H and O–H groups in total. The fourth-order valence-corrected chi connectivity index (χ4v) is 2.06. The number of hydrogen-bond donors (Lipinski definition) is 1. The standard InChI is InChI=1S/C13H15BrFN3O/c1-19-8-2-5-16-13-17-6-7-18(13)12-4-3-10(14)9-11(12)15/h3-4,6-7,9H,2,5,8H2,1H3,(H,16,17). The molecule has 1 heterocycles. The van der Waals surface area contributed by atoms with Gasteiger partial charge in [-0.3, -0.25) is 4.57 Å². The van der Waals surface area contributed by atoms with Crippen molar-refractivity contribution >= 4 is 21.9 Å². The Bertz CT molecular complexity index is 544. The summed E-state index contributed by atoms with van der Waals surface area (Å²) < 4.78 is 21.3. The summed E-state index contributed by atoms with van der Waals surface area (Å²) in [5.41, 5.74) is 0.468. The van der Waals surface area contributed by atoms with Gasteiger partial charge in [0.15, 0.2) is 0 Å². The van der Waals surface area contributed by atoms with Gasteiger partial charge in [-0.25, -0.2) is 9.37 Å². The van der Waals surface area contributed by atoms with Gasteiger partial charge in [0.2, 0.25) is 5.95 Å². The molecule has 0 spiro atoms. The quantitative estimate of drug-likeness (QED) is 0.828. The first-order valence-electron chi connectivity index (χ1n) is 5.94. The van der Waals surface area contributed by atoms with Crippen molar-refractivity contribution < 1.29 is 9.13 Å². The fourth-order valence-electron chi connectivity index (χ4n) is 1.72. The molecular formula is C13H15BrFN3O. The minimum atomic E-state index is -0.299. The van der Waals surface area contributed by atoms with E-state index in [4.69, 9.17) is 4.74 Å². The lowest BCUT2D eigenvalue weighted by Gasteiger charge is -2.10. The van der Waals surface area contributed by atoms with Crippen molar-refractivity contribution in [1.82, 2.24) is 9.55 Å². The maximum atomic E-state index is 13.9. The van der Waals surface area contributed by atoms with E-state index in [1.165, 1.54) is 6.07 Å². The molecule has 0 aliphatic rings. The molecule has 0 unspecified atom stereocenters. The summed E-state index contributed by atoms with van der Waals surface area (Å²) in [6.07, 6.45) is 4.23. The second kappa shape index (κ2) is 6.68. The molecule has 0 saturated carbocycles. The molecule has 1 aromatic carbocycles. The maximum absolute atomic E-state index is 13.9. The van der Waals surface area contributed by atoms with Gasteiger partial charge < -0.3 is 10.1 Å². The highest BCUT2D eigenvalue weighted by Gasteiger charge is 2.09. The van der Waals surface area contributed by atoms with Crippen LogP contribution in [-0.2, 0) is 4.74 Å². The number of hydrogen-bond acceptors (Lipinski definition) is 3. The van der Waals surface area contributed by atoms with Crippen LogP contribution in [-0.4, -0.2) is 29.8 Å². The SMILES string of the molecule is COCCCNc1nccn1-c1ccc(Br)cc1F. The van der Waals surface area contributed by atoms with Crippen LogP contribution in [0.4, 0.5) is 10.3 Å². The minimum absolute atomic E-state index is 0.299. The van der Waals surface area contributed by atoms with Gasteiger partial charge in [-0.15, -0.1) is 0 Å². The summed E-state index contributed by atoms with van der Waals surface area (Å²) in [7, 11) is 1.66. The number of ether oxygens (including phenoxy) is 1. The minimum Gasteiger partial charge on any atom is -0.385 e. The molecule has 0 aliphatic heterocycles. The summed E-state index contributed by atoms with van der Waals surface area (Å²) in [4.78, 5) is 4.19. The monoisotopic (exact) mass is 327 g/mol. The third kappa shape index (κ3) is 3.54. The molecule has 2 aromatic rings. The van der Waals surface area contributed by atoms with E-state index in [9.17, 15) is 4.39 Å². The summed E-state index contributed by atoms with van der Waals surface area (Å²) in [5.74, 6) is 0.324. The van der Waals surface area contributed by atoms with E-state index in [-0.39, 0.29) is 5.82 Å². The van der Waals surface area contributed by atoms with E-state index in [1.807, 2.05) is 0 Å². The van der Waals surface area contributed by atoms with E-state index in [0.717, 1.165) is 13.0 Å². The molecule has 102 valence electrons. The first-order valence-corrected chi connectivity index (χ1v) is 6.73. The third-order valence-electron chi connectivity index (χ3n) is 2.62. The largest absolute Gasteiger partial charge is 0.385 e. The van der Waals surface area contributed by atoms with Gasteiger partial charge in [0.1, 0.15) is 5.82 Å². The van der Waals surface area contributed by atoms with Crippen molar-refractivity contribution in [3.05, 3.63) is 40.9 Å². The van der Waals surface area contributed by atoms with Crippen LogP contribution in [0.5, 0.6) is 0 Å². The van der Waals surface area contributed by atoms with Crippen molar-refractivity contribution in [2.24, 2.45) is 0 Å². The Kier molecular flexibility index (Phi) is 4.93. The molecule has 1 aromatic heterocycles. The van der Waals surface area contributed by atoms with Crippen molar-refractivity contribution in [3.8, 4) is 5.69 Å². The zero-order valence-corrected chi connectivity index (χ0v) is 12.2. The Hall–Kier alpha value is -1.40. The Morgan fingerprint density at radius 2 is 2.32 bits per heavy atom. The van der Waals surface area contributed by atoms with E-state index >= 15 is 0 Å². The number of aromatic nitrogens is 2. The Balaban J connectivity index is 2.14. The average Bonchev–Trinajstić information content (AvgIpc) is 2.83. The van der Waals surface area contributed by atoms with Crippen LogP contribution in [0.1, 0.15) is 6.42 Å². The lowest BCUT2D eigenvalue weighted by Crippen LogP contribution is -2.10. The number of rotatable bonds is 6. The smallest absolute Gasteiger partial charge is 0.207 e. The van der Waals surface area contributed by atoms with E-state index in [2.05, 4.69) is 26.2 Å². The molecule has 4 nitrogen and oxygen atoms in total. The van der Waals surface area contributed by atoms with Crippen molar-refractivity contribution in [2.45, 2.75) is 6.42 Å². The molecule has 0 bridgehead atoms. The van der Waals surface area contributed by atoms with Crippen molar-refractivity contribution in [2.75, 3.05) is 25.6 Å². The van der Waals surface area contributed by atoms with Gasteiger partial charge in [-0.1, -0.05) is 15.9 Å². The highest BCUT2D eigenvalue weighted by atomic mass is 79.9. The topological polar surface area (TPSA) is 39.1 Å². The second-order valence-electron chi connectivity index (χ2n) is 3.99. The lowest BCUT2D eigenvalue weighted by atomic mass is 10.3. The zero-order valence-electron chi connectivity index (χ0n) is 10.6. The number of nitrogens with zero attached hydrogens (tertiary/aromatic N) is 2. The average molecular weight is 328 g/mol. The molecule has 2 rings (SSSR count). The van der Waals surface area contributed by atoms with Gasteiger partial charge in [0, 0.05) is 37.1 Å². The molecule has 0 saturated heterocycles. The second-order valence-corrected chi connectivity index (χ2v) is 4.91. The van der Waals surface area contributed by atoms with Crippen LogP contribution in [0.15, 0.2) is 35.1 Å². The van der Waals surface area contributed by atoms with E-state index < -0.39 is 0 Å². The molecule has 6 heteroatoms. The van der Waals surface area contributed by atoms with Crippen LogP contribution in [0.25, 0.3) is 5.69 Å². The van der Waals surface area contributed by atoms with Crippen molar-refractivity contribution in [1.29, 1.82) is 0 Å². The predicted octanol–water partition coefficient (Wildman–Crippen LogP) is 3.22. The van der Waals surface area contributed by atoms with Crippen LogP contribution in [0.2, 0.25) is 0 Å². The molecular weight excluding hydrogens is 313 g/mol. The highest BCUT2D eigenvalue weighted by Crippen LogP contribution is 2.21. The van der Waals surface area contributed by atoms with Gasteiger partial charge in [-0.05, 0) is 24.6 Å². The number of benzene rings is 1. The predicted molar refractivity (Wildman–Crippen MR) is 76.2 cm³/mol. The first kappa shape index (κ1) is 14.0. The van der Waals surface area contributed by atoms with Gasteiger partial charge in [-0.2, -0.15) is 0 Å². The number of nitrogens with one attached hydrogen (secondary N) is 1. The normalized spacial score (nSPS) is 10.7. The zero-order chi connectivity index (χ0) is 13.7. The molecule has 19 heavy (non-hydrogen) atoms. The van der Waals surface area contributed by atoms with Crippen molar-refractivity contribution in [3.63, 3.8) is 0 Å². The Morgan fingerprint density at radius 1 is 1.47 bits per heavy atom. The van der Waals surface area contributed by atoms with Gasteiger partial charge >= 0.3 is 0 Å². The Morgan fingerprint density at radius 3 is 3.05 bits per heavy atom. The van der Waals surface area contributed by atoms with Crippen LogP contribution in [0, 0.1) is 5.82 Å². The molecule has 0 radical (unpaired) electrons. The van der Waals surface area contributed by atoms with Crippen LogP contribution >= 0.6 is 15.9 Å². The number of anilines is 1. The lowest BCUT2D eigenvalue weighted by molar-refractivity contribution is 0.197. The highest BCUT2D eigenvalue weighted by molar-refractivity contribution is 9.10. The maximum Gasteiger partial charge on any atom is 0.207 e. The summed E-state index contributed by atoms with van der Waals surface area (Å²) >= 11 is 3.24. The van der Waals surface area contributed by atoms with E-state index in [0.29, 0.717) is 22.7 Å². The number of imidazole rings is 1. The third-order valence-corrected chi connectivity index (χ3v) is 3.11. The van der Waals surface area contributed by atoms with Gasteiger partial charge in [0.05, 0.1) is 5.69 Å². The van der Waals surface area contributed by atoms with E-state index in [1.54, 1.807) is 36.2 Å². The molecule has 0 aliphatic carbocycles. The van der Waals surface area contributed by atoms with Crippen LogP contribution in [0.3, 0.4) is 0 Å². The fraction of sp³-hybridized carbons (Fsp3) is 0.308. The molecule has 0 fully saturated rings. The summed E-state index contributed by atoms with van der Waals surface area (Å²) in [5, 5.41) is 3.16. The van der Waals surface area contributed by atoms with Gasteiger partial charge in [0.25, 0.3) is 0 Å². The number of halogens is 2. The number of methoxy groups -OCH3 is 1. The van der Waals surface area contributed by atoms with Crippen LogP contribution < -0.4 is 5.32 Å². The summed E-state index contributed by atoms with van der Waals surface area (Å²) in [6, 6.07) is 4.94. The molecule has 0 atom stereocenters. The molecule has 0 amide bonds. The summed E-state index contributed by atoms with van der Waals surface area (Å²) in [6.45, 7) is 1.41.